The summed E-state index contributed by atoms with van der Waals surface area (Å²) in [5, 5.41) is 12.5. The Balaban J connectivity index is 1.79. The molecule has 1 unspecified atom stereocenters. The van der Waals surface area contributed by atoms with Gasteiger partial charge in [-0.3, -0.25) is 4.79 Å². The van der Waals surface area contributed by atoms with Crippen molar-refractivity contribution in [2.45, 2.75) is 58.4 Å². The molecule has 2 aromatic rings. The number of hydrogen-bond acceptors (Lipinski definition) is 5. The van der Waals surface area contributed by atoms with Crippen molar-refractivity contribution in [1.82, 2.24) is 5.32 Å². The zero-order valence-electron chi connectivity index (χ0n) is 16.2. The predicted octanol–water partition coefficient (Wildman–Crippen LogP) is 2.73. The molecule has 1 aliphatic rings. The molecule has 1 aromatic heterocycles. The van der Waals surface area contributed by atoms with Gasteiger partial charge in [0.25, 0.3) is 5.91 Å². The second kappa shape index (κ2) is 8.46. The van der Waals surface area contributed by atoms with Gasteiger partial charge in [0.1, 0.15) is 17.4 Å². The lowest BCUT2D eigenvalue weighted by Crippen LogP contribution is -2.42. The topological polar surface area (TPSA) is 106 Å². The van der Waals surface area contributed by atoms with Gasteiger partial charge in [-0.1, -0.05) is 13.3 Å². The summed E-state index contributed by atoms with van der Waals surface area (Å²) >= 11 is 0. The number of rotatable bonds is 7. The van der Waals surface area contributed by atoms with Gasteiger partial charge in [0.15, 0.2) is 6.61 Å². The Morgan fingerprint density at radius 1 is 1.25 bits per heavy atom. The average molecular weight is 387 g/mol. The molecule has 0 fully saturated rings. The largest absolute Gasteiger partial charge is 0.483 e. The van der Waals surface area contributed by atoms with E-state index in [4.69, 9.17) is 14.3 Å². The predicted molar refractivity (Wildman–Crippen MR) is 104 cm³/mol. The van der Waals surface area contributed by atoms with E-state index in [1.807, 2.05) is 13.0 Å². The van der Waals surface area contributed by atoms with Gasteiger partial charge in [-0.15, -0.1) is 0 Å². The van der Waals surface area contributed by atoms with Crippen LogP contribution in [-0.2, 0) is 22.4 Å². The molecule has 1 aromatic carbocycles. The first-order valence-electron chi connectivity index (χ1n) is 9.65. The normalized spacial score (nSPS) is 14.4. The van der Waals surface area contributed by atoms with Crippen molar-refractivity contribution in [3.05, 3.63) is 39.2 Å². The fourth-order valence-electron chi connectivity index (χ4n) is 3.71. The number of aryl methyl sites for hydroxylation is 2. The summed E-state index contributed by atoms with van der Waals surface area (Å²) < 4.78 is 11.1. The molecular formula is C21H25NO6. The summed E-state index contributed by atoms with van der Waals surface area (Å²) in [6.45, 7) is 3.32. The van der Waals surface area contributed by atoms with Crippen LogP contribution in [0.2, 0.25) is 0 Å². The number of nitrogens with one attached hydrogen (secondary N) is 1. The maximum Gasteiger partial charge on any atom is 0.339 e. The van der Waals surface area contributed by atoms with Gasteiger partial charge in [0, 0.05) is 16.5 Å². The molecule has 0 saturated carbocycles. The summed E-state index contributed by atoms with van der Waals surface area (Å²) in [4.78, 5) is 35.5. The second-order valence-corrected chi connectivity index (χ2v) is 7.15. The lowest BCUT2D eigenvalue weighted by molar-refractivity contribution is -0.142. The molecule has 3 rings (SSSR count). The third-order valence-electron chi connectivity index (χ3n) is 5.16. The molecule has 1 aliphatic carbocycles. The lowest BCUT2D eigenvalue weighted by atomic mass is 9.90. The average Bonchev–Trinajstić information content (AvgIpc) is 2.68. The Morgan fingerprint density at radius 3 is 2.64 bits per heavy atom. The third kappa shape index (κ3) is 4.03. The SMILES string of the molecule is CCCC(NC(=O)COc1ccc2c3c(c(=O)oc2c1C)CCCC3)C(=O)O. The quantitative estimate of drug-likeness (QED) is 0.708. The number of carboxylic acids is 1. The fraction of sp³-hybridized carbons (Fsp3) is 0.476. The van der Waals surface area contributed by atoms with Crippen molar-refractivity contribution in [3.8, 4) is 5.75 Å². The van der Waals surface area contributed by atoms with Crippen LogP contribution in [0.15, 0.2) is 21.3 Å². The van der Waals surface area contributed by atoms with Crippen LogP contribution in [0, 0.1) is 6.92 Å². The molecule has 2 N–H and O–H groups in total. The van der Waals surface area contributed by atoms with E-state index >= 15 is 0 Å². The van der Waals surface area contributed by atoms with Crippen molar-refractivity contribution < 1.29 is 23.8 Å². The summed E-state index contributed by atoms with van der Waals surface area (Å²) in [7, 11) is 0. The van der Waals surface area contributed by atoms with Crippen molar-refractivity contribution in [3.63, 3.8) is 0 Å². The van der Waals surface area contributed by atoms with Gasteiger partial charge in [-0.2, -0.15) is 0 Å². The number of hydrogen-bond donors (Lipinski definition) is 2. The van der Waals surface area contributed by atoms with Crippen LogP contribution in [0.4, 0.5) is 0 Å². The highest BCUT2D eigenvalue weighted by molar-refractivity contribution is 5.87. The fourth-order valence-corrected chi connectivity index (χ4v) is 3.71. The Hall–Kier alpha value is -2.83. The number of fused-ring (bicyclic) bond motifs is 3. The number of amides is 1. The monoisotopic (exact) mass is 387 g/mol. The van der Waals surface area contributed by atoms with Gasteiger partial charge < -0.3 is 19.6 Å². The maximum absolute atomic E-state index is 12.3. The molecule has 1 amide bonds. The molecule has 0 spiro atoms. The molecule has 1 heterocycles. The minimum Gasteiger partial charge on any atom is -0.483 e. The molecule has 7 heteroatoms. The smallest absolute Gasteiger partial charge is 0.339 e. The summed E-state index contributed by atoms with van der Waals surface area (Å²) in [5.41, 5.74) is 2.65. The first-order valence-corrected chi connectivity index (χ1v) is 9.65. The number of carboxylic acid groups (broad SMARTS) is 1. The van der Waals surface area contributed by atoms with Crippen LogP contribution in [0.3, 0.4) is 0 Å². The highest BCUT2D eigenvalue weighted by Gasteiger charge is 2.21. The first-order chi connectivity index (χ1) is 13.4. The first kappa shape index (κ1) is 19.9. The van der Waals surface area contributed by atoms with Crippen molar-refractivity contribution in [1.29, 1.82) is 0 Å². The van der Waals surface area contributed by atoms with Crippen LogP contribution in [-0.4, -0.2) is 29.6 Å². The molecule has 0 bridgehead atoms. The Morgan fingerprint density at radius 2 is 1.96 bits per heavy atom. The third-order valence-corrected chi connectivity index (χ3v) is 5.16. The minimum atomic E-state index is -1.07. The van der Waals surface area contributed by atoms with Crippen LogP contribution >= 0.6 is 0 Å². The van der Waals surface area contributed by atoms with E-state index in [-0.39, 0.29) is 12.2 Å². The van der Waals surface area contributed by atoms with E-state index in [0.717, 1.165) is 42.2 Å². The number of aliphatic carboxylic acids is 1. The molecule has 150 valence electrons. The molecular weight excluding hydrogens is 362 g/mol. The van der Waals surface area contributed by atoms with Crippen LogP contribution < -0.4 is 15.7 Å². The number of ether oxygens (including phenoxy) is 1. The molecule has 28 heavy (non-hydrogen) atoms. The Bertz CT molecular complexity index is 962. The van der Waals surface area contributed by atoms with Gasteiger partial charge >= 0.3 is 11.6 Å². The summed E-state index contributed by atoms with van der Waals surface area (Å²) in [6, 6.07) is 2.70. The van der Waals surface area contributed by atoms with Gasteiger partial charge in [0.05, 0.1) is 0 Å². The zero-order valence-corrected chi connectivity index (χ0v) is 16.2. The molecule has 0 aliphatic heterocycles. The number of carbonyl (C=O) groups excluding carboxylic acids is 1. The number of benzene rings is 1. The van der Waals surface area contributed by atoms with E-state index < -0.39 is 17.9 Å². The Kier molecular flexibility index (Phi) is 6.02. The zero-order chi connectivity index (χ0) is 20.3. The highest BCUT2D eigenvalue weighted by Crippen LogP contribution is 2.32. The van der Waals surface area contributed by atoms with E-state index in [1.54, 1.807) is 13.0 Å². The summed E-state index contributed by atoms with van der Waals surface area (Å²) in [5.74, 6) is -1.14. The van der Waals surface area contributed by atoms with Crippen molar-refractivity contribution in [2.24, 2.45) is 0 Å². The Labute approximate surface area is 162 Å². The molecule has 7 nitrogen and oxygen atoms in total. The van der Waals surface area contributed by atoms with Gasteiger partial charge in [0.2, 0.25) is 0 Å². The van der Waals surface area contributed by atoms with E-state index in [2.05, 4.69) is 5.32 Å². The van der Waals surface area contributed by atoms with Crippen LogP contribution in [0.5, 0.6) is 5.75 Å². The van der Waals surface area contributed by atoms with Crippen molar-refractivity contribution in [2.75, 3.05) is 6.61 Å². The van der Waals surface area contributed by atoms with E-state index in [1.165, 1.54) is 0 Å². The standard InChI is InChI=1S/C21H25NO6/c1-3-6-16(20(24)25)22-18(23)11-27-17-10-9-14-13-7-4-5-8-15(13)21(26)28-19(14)12(17)2/h9-10,16H,3-8,11H2,1-2H3,(H,22,23)(H,24,25). The van der Waals surface area contributed by atoms with Gasteiger partial charge in [-0.05, 0) is 56.7 Å². The molecule has 0 radical (unpaired) electrons. The summed E-state index contributed by atoms with van der Waals surface area (Å²) in [6.07, 6.45) is 4.64. The number of carbonyl (C=O) groups is 2. The maximum atomic E-state index is 12.3. The van der Waals surface area contributed by atoms with E-state index in [9.17, 15) is 14.4 Å². The second-order valence-electron chi connectivity index (χ2n) is 7.15. The van der Waals surface area contributed by atoms with Gasteiger partial charge in [-0.25, -0.2) is 9.59 Å². The van der Waals surface area contributed by atoms with Crippen LogP contribution in [0.25, 0.3) is 11.0 Å². The molecule has 0 saturated heterocycles. The van der Waals surface area contributed by atoms with Crippen LogP contribution in [0.1, 0.15) is 49.3 Å². The molecule has 1 atom stereocenters. The minimum absolute atomic E-state index is 0.302. The van der Waals surface area contributed by atoms with E-state index in [0.29, 0.717) is 29.7 Å². The lowest BCUT2D eigenvalue weighted by Gasteiger charge is -2.18. The van der Waals surface area contributed by atoms with Crippen molar-refractivity contribution >= 4 is 22.8 Å². The highest BCUT2D eigenvalue weighted by atomic mass is 16.5.